The molecule has 2 aliphatic heterocycles. The molecule has 31 heavy (non-hydrogen) atoms. The quantitative estimate of drug-likeness (QED) is 0.621. The molecule has 1 aromatic carbocycles. The van der Waals surface area contributed by atoms with Crippen molar-refractivity contribution in [1.82, 2.24) is 24.4 Å². The highest BCUT2D eigenvalue weighted by Crippen LogP contribution is 2.32. The minimum atomic E-state index is -0.424. The number of fused-ring (bicyclic) bond motifs is 3. The maximum Gasteiger partial charge on any atom is 0.258 e. The average Bonchev–Trinajstić information content (AvgIpc) is 3.41. The topological polar surface area (TPSA) is 63.0 Å². The first-order valence-corrected chi connectivity index (χ1v) is 10.7. The van der Waals surface area contributed by atoms with E-state index in [1.54, 1.807) is 9.42 Å². The predicted molar refractivity (Wildman–Crippen MR) is 114 cm³/mol. The number of aryl methyl sites for hydroxylation is 2. The van der Waals surface area contributed by atoms with Crippen LogP contribution in [0.25, 0.3) is 5.65 Å². The third kappa shape index (κ3) is 3.43. The lowest BCUT2D eigenvalue weighted by Gasteiger charge is -2.20. The Kier molecular flexibility index (Phi) is 4.86. The first-order valence-electron chi connectivity index (χ1n) is 10.3. The zero-order chi connectivity index (χ0) is 21.9. The molecule has 0 bridgehead atoms. The molecule has 7 nitrogen and oxygen atoms in total. The van der Waals surface area contributed by atoms with E-state index >= 15 is 0 Å². The molecule has 9 heteroatoms. The lowest BCUT2D eigenvalue weighted by molar-refractivity contribution is 0.0742. The number of hydrogen-bond acceptors (Lipinski definition) is 5. The van der Waals surface area contributed by atoms with Crippen LogP contribution in [-0.4, -0.2) is 56.5 Å². The summed E-state index contributed by atoms with van der Waals surface area (Å²) >= 11 is 6.31. The minimum Gasteiger partial charge on any atom is -0.488 e. The van der Waals surface area contributed by atoms with Gasteiger partial charge < -0.3 is 14.5 Å². The minimum absolute atomic E-state index is 0.0572. The number of likely N-dealkylation sites (tertiary alicyclic amines) is 1. The zero-order valence-corrected chi connectivity index (χ0v) is 18.4. The monoisotopic (exact) mass is 443 g/mol. The molecule has 1 fully saturated rings. The Labute approximate surface area is 184 Å². The molecule has 2 aliphatic rings. The molecular formula is C22H23ClFN5O2. The Hall–Kier alpha value is -2.71. The van der Waals surface area contributed by atoms with Gasteiger partial charge in [0.15, 0.2) is 5.65 Å². The van der Waals surface area contributed by atoms with Crippen molar-refractivity contribution in [2.24, 2.45) is 0 Å². The van der Waals surface area contributed by atoms with Gasteiger partial charge in [0.2, 0.25) is 0 Å². The number of ether oxygens (including phenoxy) is 1. The number of benzene rings is 1. The van der Waals surface area contributed by atoms with Crippen molar-refractivity contribution >= 4 is 23.2 Å². The summed E-state index contributed by atoms with van der Waals surface area (Å²) in [5.74, 6) is -0.340. The van der Waals surface area contributed by atoms with Crippen LogP contribution < -0.4 is 4.74 Å². The molecule has 0 radical (unpaired) electrons. The van der Waals surface area contributed by atoms with E-state index in [0.29, 0.717) is 35.1 Å². The van der Waals surface area contributed by atoms with E-state index < -0.39 is 5.82 Å². The molecule has 1 amide bonds. The highest BCUT2D eigenvalue weighted by Gasteiger charge is 2.32. The summed E-state index contributed by atoms with van der Waals surface area (Å²) < 4.78 is 21.7. The number of likely N-dealkylation sites (N-methyl/N-ethyl adjacent to an activating group) is 1. The summed E-state index contributed by atoms with van der Waals surface area (Å²) in [6.07, 6.45) is 0.790. The highest BCUT2D eigenvalue weighted by molar-refractivity contribution is 6.31. The zero-order valence-electron chi connectivity index (χ0n) is 17.7. The first kappa shape index (κ1) is 20.2. The molecule has 5 rings (SSSR count). The number of hydrogen-bond donors (Lipinski definition) is 0. The van der Waals surface area contributed by atoms with Gasteiger partial charge in [-0.3, -0.25) is 4.79 Å². The van der Waals surface area contributed by atoms with Crippen LogP contribution in [-0.2, 0) is 13.1 Å². The highest BCUT2D eigenvalue weighted by atomic mass is 35.5. The number of nitrogens with zero attached hydrogens (tertiary/aromatic N) is 5. The van der Waals surface area contributed by atoms with Crippen LogP contribution in [0.1, 0.15) is 39.4 Å². The van der Waals surface area contributed by atoms with Crippen LogP contribution in [0.2, 0.25) is 5.02 Å². The van der Waals surface area contributed by atoms with Crippen molar-refractivity contribution in [2.75, 3.05) is 20.1 Å². The fraction of sp³-hybridized carbons (Fsp3) is 0.409. The van der Waals surface area contributed by atoms with Gasteiger partial charge in [-0.05, 0) is 39.4 Å². The molecule has 0 aliphatic carbocycles. The van der Waals surface area contributed by atoms with Crippen LogP contribution in [0.5, 0.6) is 5.75 Å². The molecule has 2 aromatic heterocycles. The molecule has 0 spiro atoms. The summed E-state index contributed by atoms with van der Waals surface area (Å²) in [7, 11) is 2.02. The fourth-order valence-corrected chi connectivity index (χ4v) is 4.49. The van der Waals surface area contributed by atoms with Crippen molar-refractivity contribution in [2.45, 2.75) is 39.5 Å². The predicted octanol–water partition coefficient (Wildman–Crippen LogP) is 3.38. The Bertz CT molecular complexity index is 1210. The molecule has 3 aromatic rings. The van der Waals surface area contributed by atoms with Gasteiger partial charge in [0.25, 0.3) is 5.91 Å². The van der Waals surface area contributed by atoms with Gasteiger partial charge in [-0.25, -0.2) is 13.9 Å². The number of amides is 1. The van der Waals surface area contributed by atoms with Crippen molar-refractivity contribution < 1.29 is 13.9 Å². The molecule has 4 heterocycles. The van der Waals surface area contributed by atoms with E-state index in [0.717, 1.165) is 42.2 Å². The van der Waals surface area contributed by atoms with Gasteiger partial charge in [-0.2, -0.15) is 5.10 Å². The van der Waals surface area contributed by atoms with Crippen molar-refractivity contribution in [3.05, 3.63) is 57.2 Å². The standard InChI is InChI=1S/C22H23ClFN5O2/c1-12-20(23)13(2)29-21(25-12)17-10-28(11-18(17)26-29)22(30)16-5-4-14(24)8-19(16)31-15-6-7-27(3)9-15/h4-5,8,15H,6-7,9-11H2,1-3H3/t15-/m0/s1. The van der Waals surface area contributed by atoms with Gasteiger partial charge in [-0.1, -0.05) is 11.6 Å². The summed E-state index contributed by atoms with van der Waals surface area (Å²) in [5.41, 5.74) is 4.35. The Morgan fingerprint density at radius 3 is 2.84 bits per heavy atom. The maximum absolute atomic E-state index is 13.9. The van der Waals surface area contributed by atoms with E-state index in [4.69, 9.17) is 16.3 Å². The maximum atomic E-state index is 13.9. The van der Waals surface area contributed by atoms with Crippen LogP contribution in [0.4, 0.5) is 4.39 Å². The second-order valence-corrected chi connectivity index (χ2v) is 8.73. The van der Waals surface area contributed by atoms with Crippen LogP contribution in [0.15, 0.2) is 18.2 Å². The van der Waals surface area contributed by atoms with Gasteiger partial charge in [-0.15, -0.1) is 0 Å². The van der Waals surface area contributed by atoms with Gasteiger partial charge >= 0.3 is 0 Å². The third-order valence-corrected chi connectivity index (χ3v) is 6.61. The number of aromatic nitrogens is 3. The molecule has 0 N–H and O–H groups in total. The van der Waals surface area contributed by atoms with E-state index in [9.17, 15) is 9.18 Å². The summed E-state index contributed by atoms with van der Waals surface area (Å²) in [5, 5.41) is 5.22. The second kappa shape index (κ2) is 7.46. The van der Waals surface area contributed by atoms with E-state index in [-0.39, 0.29) is 12.0 Å². The van der Waals surface area contributed by atoms with Crippen molar-refractivity contribution in [3.63, 3.8) is 0 Å². The summed E-state index contributed by atoms with van der Waals surface area (Å²) in [6, 6.07) is 4.10. The van der Waals surface area contributed by atoms with Gasteiger partial charge in [0, 0.05) is 24.7 Å². The van der Waals surface area contributed by atoms with Crippen LogP contribution in [0, 0.1) is 19.7 Å². The second-order valence-electron chi connectivity index (χ2n) is 8.35. The molecule has 1 atom stereocenters. The Balaban J connectivity index is 1.43. The summed E-state index contributed by atoms with van der Waals surface area (Å²) in [4.78, 5) is 21.8. The third-order valence-electron chi connectivity index (χ3n) is 6.06. The van der Waals surface area contributed by atoms with Gasteiger partial charge in [0.1, 0.15) is 17.7 Å². The summed E-state index contributed by atoms with van der Waals surface area (Å²) in [6.45, 7) is 6.17. The van der Waals surface area contributed by atoms with E-state index in [1.165, 1.54) is 18.2 Å². The van der Waals surface area contributed by atoms with E-state index in [1.807, 2.05) is 20.9 Å². The fourth-order valence-electron chi connectivity index (χ4n) is 4.37. The van der Waals surface area contributed by atoms with Gasteiger partial charge in [0.05, 0.1) is 40.8 Å². The number of carbonyl (C=O) groups is 1. The molecule has 0 saturated carbocycles. The largest absolute Gasteiger partial charge is 0.488 e. The Morgan fingerprint density at radius 2 is 2.10 bits per heavy atom. The lowest BCUT2D eigenvalue weighted by atomic mass is 10.1. The van der Waals surface area contributed by atoms with Crippen molar-refractivity contribution in [1.29, 1.82) is 0 Å². The number of carbonyl (C=O) groups excluding carboxylic acids is 1. The Morgan fingerprint density at radius 1 is 1.29 bits per heavy atom. The molecule has 0 unspecified atom stereocenters. The van der Waals surface area contributed by atoms with Crippen LogP contribution in [0.3, 0.4) is 0 Å². The SMILES string of the molecule is Cc1nc2c3c(nn2c(C)c1Cl)CN(C(=O)c1ccc(F)cc1O[C@H]1CCN(C)C1)C3. The normalized spacial score (nSPS) is 18.7. The average molecular weight is 444 g/mol. The first-order chi connectivity index (χ1) is 14.8. The lowest BCUT2D eigenvalue weighted by Crippen LogP contribution is -2.28. The molecule has 162 valence electrons. The van der Waals surface area contributed by atoms with Crippen LogP contribution >= 0.6 is 11.6 Å². The molecular weight excluding hydrogens is 421 g/mol. The van der Waals surface area contributed by atoms with E-state index in [2.05, 4.69) is 15.0 Å². The van der Waals surface area contributed by atoms with Crippen molar-refractivity contribution in [3.8, 4) is 5.75 Å². The smallest absolute Gasteiger partial charge is 0.258 e. The number of rotatable bonds is 3. The number of halogens is 2. The molecule has 1 saturated heterocycles.